The topological polar surface area (TPSA) is 35.2 Å². The van der Waals surface area contributed by atoms with E-state index in [1.165, 1.54) is 0 Å². The highest BCUT2D eigenvalue weighted by Crippen LogP contribution is 2.10. The molecule has 1 unspecified atom stereocenters. The summed E-state index contributed by atoms with van der Waals surface area (Å²) in [5.41, 5.74) is 6.35. The minimum Gasteiger partial charge on any atom is -0.479 e. The summed E-state index contributed by atoms with van der Waals surface area (Å²) in [6, 6.07) is 0. The average Bonchev–Trinajstić information content (AvgIpc) is 1.61. The Kier molecular flexibility index (Phi) is 0.601. The van der Waals surface area contributed by atoms with Gasteiger partial charge >= 0.3 is 0 Å². The maximum absolute atomic E-state index is 5.23. The average molecular weight is 85.1 g/mol. The number of nitrogens with two attached hydrogens (primary N) is 1. The van der Waals surface area contributed by atoms with E-state index in [0.29, 0.717) is 0 Å². The minimum absolute atomic E-state index is 0.106. The molecule has 0 bridgehead atoms. The highest BCUT2D eigenvalue weighted by molar-refractivity contribution is 5.06. The van der Waals surface area contributed by atoms with E-state index in [2.05, 4.69) is 4.74 Å². The van der Waals surface area contributed by atoms with Crippen LogP contribution in [0.3, 0.4) is 0 Å². The van der Waals surface area contributed by atoms with Crippen LogP contribution in [0.5, 0.6) is 0 Å². The molecule has 34 valence electrons. The van der Waals surface area contributed by atoms with Gasteiger partial charge in [-0.25, -0.2) is 0 Å². The molecule has 2 heteroatoms. The summed E-state index contributed by atoms with van der Waals surface area (Å²) in [4.78, 5) is 0. The Bertz CT molecular complexity index is 87.5. The van der Waals surface area contributed by atoms with Crippen molar-refractivity contribution in [2.24, 2.45) is 5.73 Å². The Balaban J connectivity index is 2.51. The zero-order valence-corrected chi connectivity index (χ0v) is 3.64. The molecule has 0 amide bonds. The molecule has 0 radical (unpaired) electrons. The molecule has 0 saturated carbocycles. The van der Waals surface area contributed by atoms with Gasteiger partial charge in [-0.3, -0.25) is 5.73 Å². The Morgan fingerprint density at radius 3 is 2.50 bits per heavy atom. The lowest BCUT2D eigenvalue weighted by Gasteiger charge is -2.19. The zero-order valence-electron chi connectivity index (χ0n) is 3.64. The number of hydrogen-bond acceptors (Lipinski definition) is 2. The lowest BCUT2D eigenvalue weighted by molar-refractivity contribution is 0.127. The van der Waals surface area contributed by atoms with E-state index in [1.54, 1.807) is 6.26 Å². The molecule has 0 saturated heterocycles. The van der Waals surface area contributed by atoms with Crippen molar-refractivity contribution in [3.8, 4) is 0 Å². The quantitative estimate of drug-likeness (QED) is 0.456. The third-order valence-electron chi connectivity index (χ3n) is 0.849. The monoisotopic (exact) mass is 85.1 g/mol. The zero-order chi connectivity index (χ0) is 4.57. The van der Waals surface area contributed by atoms with E-state index in [9.17, 15) is 0 Å². The van der Waals surface area contributed by atoms with E-state index in [1.807, 2.05) is 6.92 Å². The molecule has 2 N–H and O–H groups in total. The van der Waals surface area contributed by atoms with Crippen molar-refractivity contribution in [1.29, 1.82) is 0 Å². The Morgan fingerprint density at radius 1 is 2.00 bits per heavy atom. The summed E-state index contributed by atoms with van der Waals surface area (Å²) >= 11 is 0. The second-order valence-electron chi connectivity index (χ2n) is 1.42. The smallest absolute Gasteiger partial charge is 0.172 e. The van der Waals surface area contributed by atoms with Crippen molar-refractivity contribution in [2.45, 2.75) is 13.2 Å². The van der Waals surface area contributed by atoms with E-state index in [-0.39, 0.29) is 6.23 Å². The summed E-state index contributed by atoms with van der Waals surface area (Å²) in [6.07, 6.45) is 1.55. The molecule has 6 heavy (non-hydrogen) atoms. The first-order valence-electron chi connectivity index (χ1n) is 1.88. The maximum Gasteiger partial charge on any atom is 0.172 e. The van der Waals surface area contributed by atoms with E-state index >= 15 is 0 Å². The highest BCUT2D eigenvalue weighted by Gasteiger charge is 2.11. The number of rotatable bonds is 0. The van der Waals surface area contributed by atoms with Gasteiger partial charge in [0.15, 0.2) is 6.23 Å². The molecule has 2 nitrogen and oxygen atoms in total. The van der Waals surface area contributed by atoms with Gasteiger partial charge in [0.05, 0.1) is 6.26 Å². The second-order valence-corrected chi connectivity index (χ2v) is 1.42. The van der Waals surface area contributed by atoms with E-state index in [4.69, 9.17) is 5.73 Å². The molecule has 0 aliphatic carbocycles. The van der Waals surface area contributed by atoms with Crippen LogP contribution in [0, 0.1) is 0 Å². The van der Waals surface area contributed by atoms with Crippen LogP contribution in [-0.2, 0) is 4.74 Å². The number of ether oxygens (including phenoxy) is 1. The minimum atomic E-state index is -0.106. The third kappa shape index (κ3) is 0.303. The Morgan fingerprint density at radius 2 is 2.50 bits per heavy atom. The van der Waals surface area contributed by atoms with Crippen LogP contribution in [0.2, 0.25) is 0 Å². The summed E-state index contributed by atoms with van der Waals surface area (Å²) in [7, 11) is 0. The van der Waals surface area contributed by atoms with Crippen molar-refractivity contribution in [3.05, 3.63) is 11.8 Å². The molecule has 0 aromatic rings. The van der Waals surface area contributed by atoms with Gasteiger partial charge in [0.1, 0.15) is 0 Å². The van der Waals surface area contributed by atoms with Crippen LogP contribution in [0.15, 0.2) is 11.8 Å². The molecule has 1 aliphatic rings. The Labute approximate surface area is 36.6 Å². The van der Waals surface area contributed by atoms with Crippen LogP contribution in [0.4, 0.5) is 0 Å². The van der Waals surface area contributed by atoms with Gasteiger partial charge in [-0.05, 0) is 6.92 Å². The molecule has 1 aliphatic heterocycles. The van der Waals surface area contributed by atoms with E-state index < -0.39 is 0 Å². The lowest BCUT2D eigenvalue weighted by Crippen LogP contribution is -2.29. The van der Waals surface area contributed by atoms with Crippen molar-refractivity contribution in [1.82, 2.24) is 0 Å². The normalized spacial score (nSPS) is 30.3. The van der Waals surface area contributed by atoms with Crippen molar-refractivity contribution in [3.63, 3.8) is 0 Å². The van der Waals surface area contributed by atoms with Gasteiger partial charge in [0, 0.05) is 5.57 Å². The lowest BCUT2D eigenvalue weighted by atomic mass is 10.2. The Hall–Kier alpha value is -0.500. The van der Waals surface area contributed by atoms with Gasteiger partial charge in [0.25, 0.3) is 0 Å². The van der Waals surface area contributed by atoms with E-state index in [0.717, 1.165) is 5.57 Å². The van der Waals surface area contributed by atoms with Crippen molar-refractivity contribution < 1.29 is 4.74 Å². The first-order chi connectivity index (χ1) is 2.80. The summed E-state index contributed by atoms with van der Waals surface area (Å²) in [5, 5.41) is 0. The van der Waals surface area contributed by atoms with Gasteiger partial charge in [-0.15, -0.1) is 0 Å². The predicted molar refractivity (Wildman–Crippen MR) is 22.8 cm³/mol. The molecule has 0 aromatic carbocycles. The van der Waals surface area contributed by atoms with Crippen LogP contribution in [0.25, 0.3) is 0 Å². The first kappa shape index (κ1) is 3.68. The molecule has 1 atom stereocenters. The number of hydrogen-bond donors (Lipinski definition) is 1. The summed E-state index contributed by atoms with van der Waals surface area (Å²) in [5.74, 6) is 0. The summed E-state index contributed by atoms with van der Waals surface area (Å²) in [6.45, 7) is 1.94. The maximum atomic E-state index is 5.23. The van der Waals surface area contributed by atoms with Crippen LogP contribution in [0.1, 0.15) is 6.92 Å². The van der Waals surface area contributed by atoms with Gasteiger partial charge < -0.3 is 4.74 Å². The first-order valence-corrected chi connectivity index (χ1v) is 1.88. The fraction of sp³-hybridized carbons (Fsp3) is 0.500. The van der Waals surface area contributed by atoms with Crippen molar-refractivity contribution in [2.75, 3.05) is 0 Å². The molecule has 0 aromatic heterocycles. The standard InChI is InChI=1S/C4H7NO/c1-3-2-6-4(3)5/h2,4H,5H2,1H3. The van der Waals surface area contributed by atoms with Crippen molar-refractivity contribution >= 4 is 0 Å². The van der Waals surface area contributed by atoms with Gasteiger partial charge in [-0.2, -0.15) is 0 Å². The largest absolute Gasteiger partial charge is 0.479 e. The fourth-order valence-corrected chi connectivity index (χ4v) is 0.283. The van der Waals surface area contributed by atoms with Crippen LogP contribution in [-0.4, -0.2) is 6.23 Å². The molecular formula is C4H7NO. The van der Waals surface area contributed by atoms with Gasteiger partial charge in [0.2, 0.25) is 0 Å². The second kappa shape index (κ2) is 0.980. The predicted octanol–water partition coefficient (Wildman–Crippen LogP) is 0.205. The molecule has 0 fully saturated rings. The molecular weight excluding hydrogens is 78.1 g/mol. The van der Waals surface area contributed by atoms with Crippen LogP contribution >= 0.6 is 0 Å². The third-order valence-corrected chi connectivity index (χ3v) is 0.849. The summed E-state index contributed by atoms with van der Waals surface area (Å²) < 4.78 is 4.66. The fourth-order valence-electron chi connectivity index (χ4n) is 0.283. The highest BCUT2D eigenvalue weighted by atomic mass is 16.5. The van der Waals surface area contributed by atoms with Gasteiger partial charge in [-0.1, -0.05) is 0 Å². The molecule has 0 spiro atoms. The molecule has 1 rings (SSSR count). The van der Waals surface area contributed by atoms with Crippen LogP contribution < -0.4 is 5.73 Å². The molecule has 1 heterocycles. The SMILES string of the molecule is CC1=COC1N.